The molecule has 0 aliphatic heterocycles. The lowest BCUT2D eigenvalue weighted by Crippen LogP contribution is -2.18. The number of benzene rings is 3. The summed E-state index contributed by atoms with van der Waals surface area (Å²) in [5.41, 5.74) is 4.98. The molecule has 3 aromatic rings. The third-order valence-electron chi connectivity index (χ3n) is 5.92. The molecular formula is C25H24FN. The highest BCUT2D eigenvalue weighted by Crippen LogP contribution is 2.42. The molecule has 0 saturated carbocycles. The zero-order valence-corrected chi connectivity index (χ0v) is 15.7. The average molecular weight is 357 g/mol. The van der Waals surface area contributed by atoms with Gasteiger partial charge in [-0.15, -0.1) is 0 Å². The van der Waals surface area contributed by atoms with Gasteiger partial charge in [0, 0.05) is 0 Å². The predicted molar refractivity (Wildman–Crippen MR) is 109 cm³/mol. The molecule has 0 heterocycles. The van der Waals surface area contributed by atoms with Gasteiger partial charge in [-0.25, -0.2) is 4.39 Å². The summed E-state index contributed by atoms with van der Waals surface area (Å²) in [5.74, 6) is 0.174. The predicted octanol–water partition coefficient (Wildman–Crippen LogP) is 7.14. The number of nitrogens with zero attached hydrogens (tertiary/aromatic N) is 1. The number of aryl methyl sites for hydroxylation is 1. The maximum Gasteiger partial charge on any atom is 0.128 e. The quantitative estimate of drug-likeness (QED) is 0.487. The van der Waals surface area contributed by atoms with E-state index in [2.05, 4.69) is 37.3 Å². The summed E-state index contributed by atoms with van der Waals surface area (Å²) in [4.78, 5) is 0. The molecule has 0 radical (unpaired) electrons. The van der Waals surface area contributed by atoms with E-state index in [0.29, 0.717) is 5.56 Å². The molecule has 0 amide bonds. The van der Waals surface area contributed by atoms with Gasteiger partial charge in [0.05, 0.1) is 11.6 Å². The molecule has 2 heteroatoms. The molecule has 2 unspecified atom stereocenters. The van der Waals surface area contributed by atoms with Crippen LogP contribution in [0.25, 0.3) is 21.9 Å². The first-order valence-electron chi connectivity index (χ1n) is 9.91. The SMILES string of the molecule is CCCCC1CCc2c(ccc3cc(-c4ccc(C#N)cc4)ccc23)C1F. The molecule has 0 bridgehead atoms. The highest BCUT2D eigenvalue weighted by molar-refractivity contribution is 5.91. The first-order chi connectivity index (χ1) is 13.2. The van der Waals surface area contributed by atoms with Crippen LogP contribution < -0.4 is 0 Å². The Labute approximate surface area is 160 Å². The Morgan fingerprint density at radius 1 is 1.04 bits per heavy atom. The molecule has 4 rings (SSSR count). The van der Waals surface area contributed by atoms with Crippen molar-refractivity contribution in [2.75, 3.05) is 0 Å². The van der Waals surface area contributed by atoms with Gasteiger partial charge in [0.1, 0.15) is 6.17 Å². The second-order valence-corrected chi connectivity index (χ2v) is 7.60. The van der Waals surface area contributed by atoms with Gasteiger partial charge in [-0.05, 0) is 76.4 Å². The smallest absolute Gasteiger partial charge is 0.128 e. The van der Waals surface area contributed by atoms with Crippen molar-refractivity contribution in [2.24, 2.45) is 5.92 Å². The lowest BCUT2D eigenvalue weighted by atomic mass is 9.78. The third-order valence-corrected chi connectivity index (χ3v) is 5.92. The van der Waals surface area contributed by atoms with Gasteiger partial charge in [-0.2, -0.15) is 5.26 Å². The molecule has 1 aliphatic carbocycles. The van der Waals surface area contributed by atoms with E-state index in [0.717, 1.165) is 54.2 Å². The molecule has 27 heavy (non-hydrogen) atoms. The van der Waals surface area contributed by atoms with Gasteiger partial charge in [0.25, 0.3) is 0 Å². The Morgan fingerprint density at radius 3 is 2.56 bits per heavy atom. The van der Waals surface area contributed by atoms with E-state index >= 15 is 4.39 Å². The Balaban J connectivity index is 1.69. The van der Waals surface area contributed by atoms with E-state index in [-0.39, 0.29) is 5.92 Å². The van der Waals surface area contributed by atoms with E-state index in [1.165, 1.54) is 10.9 Å². The van der Waals surface area contributed by atoms with Crippen LogP contribution in [-0.4, -0.2) is 0 Å². The van der Waals surface area contributed by atoms with Gasteiger partial charge in [0.15, 0.2) is 0 Å². The van der Waals surface area contributed by atoms with Crippen molar-refractivity contribution >= 4 is 10.8 Å². The van der Waals surface area contributed by atoms with Crippen LogP contribution in [0.4, 0.5) is 4.39 Å². The summed E-state index contributed by atoms with van der Waals surface area (Å²) in [6.45, 7) is 2.17. The van der Waals surface area contributed by atoms with Crippen molar-refractivity contribution in [1.29, 1.82) is 5.26 Å². The van der Waals surface area contributed by atoms with E-state index in [1.54, 1.807) is 0 Å². The molecule has 1 nitrogen and oxygen atoms in total. The monoisotopic (exact) mass is 357 g/mol. The summed E-state index contributed by atoms with van der Waals surface area (Å²) < 4.78 is 15.1. The number of hydrogen-bond donors (Lipinski definition) is 0. The van der Waals surface area contributed by atoms with Gasteiger partial charge >= 0.3 is 0 Å². The van der Waals surface area contributed by atoms with Crippen molar-refractivity contribution in [2.45, 2.75) is 45.2 Å². The van der Waals surface area contributed by atoms with Crippen molar-refractivity contribution in [3.8, 4) is 17.2 Å². The first kappa shape index (κ1) is 17.7. The van der Waals surface area contributed by atoms with Crippen LogP contribution in [-0.2, 0) is 6.42 Å². The fourth-order valence-corrected chi connectivity index (χ4v) is 4.35. The summed E-state index contributed by atoms with van der Waals surface area (Å²) in [7, 11) is 0. The zero-order chi connectivity index (χ0) is 18.8. The van der Waals surface area contributed by atoms with Crippen LogP contribution in [0.2, 0.25) is 0 Å². The Morgan fingerprint density at radius 2 is 1.81 bits per heavy atom. The average Bonchev–Trinajstić information content (AvgIpc) is 2.72. The molecule has 0 spiro atoms. The summed E-state index contributed by atoms with van der Waals surface area (Å²) in [6.07, 6.45) is 4.33. The Hall–Kier alpha value is -2.66. The van der Waals surface area contributed by atoms with Gasteiger partial charge < -0.3 is 0 Å². The highest BCUT2D eigenvalue weighted by atomic mass is 19.1. The number of rotatable bonds is 4. The van der Waals surface area contributed by atoms with Crippen LogP contribution in [0, 0.1) is 17.2 Å². The minimum absolute atomic E-state index is 0.174. The van der Waals surface area contributed by atoms with Crippen LogP contribution in [0.5, 0.6) is 0 Å². The van der Waals surface area contributed by atoms with Crippen LogP contribution in [0.1, 0.15) is 55.5 Å². The summed E-state index contributed by atoms with van der Waals surface area (Å²) in [6, 6.07) is 20.3. The lowest BCUT2D eigenvalue weighted by molar-refractivity contribution is 0.193. The molecule has 1 aliphatic rings. The van der Waals surface area contributed by atoms with Crippen molar-refractivity contribution in [3.05, 3.63) is 71.3 Å². The molecule has 2 atom stereocenters. The highest BCUT2D eigenvalue weighted by Gasteiger charge is 2.29. The number of nitriles is 1. The molecular weight excluding hydrogens is 333 g/mol. The van der Waals surface area contributed by atoms with Crippen molar-refractivity contribution in [3.63, 3.8) is 0 Å². The first-order valence-corrected chi connectivity index (χ1v) is 9.91. The topological polar surface area (TPSA) is 23.8 Å². The van der Waals surface area contributed by atoms with E-state index in [9.17, 15) is 0 Å². The second kappa shape index (κ2) is 7.53. The molecule has 0 N–H and O–H groups in total. The minimum Gasteiger partial charge on any atom is -0.242 e. The number of unbranched alkanes of at least 4 members (excludes halogenated alkanes) is 1. The molecule has 136 valence electrons. The number of halogens is 1. The van der Waals surface area contributed by atoms with Gasteiger partial charge in [-0.1, -0.05) is 56.2 Å². The standard InChI is InChI=1S/C25H24FN/c1-2-3-4-19-9-13-23-22-12-10-20(18-7-5-17(16-27)6-8-18)15-21(22)11-14-24(23)25(19)26/h5-8,10-12,14-15,19,25H,2-4,9,13H2,1H3. The van der Waals surface area contributed by atoms with E-state index in [4.69, 9.17) is 5.26 Å². The number of fused-ring (bicyclic) bond motifs is 3. The summed E-state index contributed by atoms with van der Waals surface area (Å²) in [5, 5.41) is 11.3. The van der Waals surface area contributed by atoms with Crippen LogP contribution >= 0.6 is 0 Å². The maximum atomic E-state index is 15.1. The number of alkyl halides is 1. The number of hydrogen-bond acceptors (Lipinski definition) is 1. The second-order valence-electron chi connectivity index (χ2n) is 7.60. The minimum atomic E-state index is -0.831. The van der Waals surface area contributed by atoms with E-state index in [1.807, 2.05) is 30.3 Å². The molecule has 3 aromatic carbocycles. The fraction of sp³-hybridized carbons (Fsp3) is 0.320. The third kappa shape index (κ3) is 3.35. The normalized spacial score (nSPS) is 18.9. The molecule has 0 aromatic heterocycles. The van der Waals surface area contributed by atoms with Crippen molar-refractivity contribution in [1.82, 2.24) is 0 Å². The fourth-order valence-electron chi connectivity index (χ4n) is 4.35. The Bertz CT molecular complexity index is 997. The van der Waals surface area contributed by atoms with Crippen molar-refractivity contribution < 1.29 is 4.39 Å². The largest absolute Gasteiger partial charge is 0.242 e. The Kier molecular flexibility index (Phi) is 4.94. The van der Waals surface area contributed by atoms with Crippen LogP contribution in [0.15, 0.2) is 54.6 Å². The van der Waals surface area contributed by atoms with Gasteiger partial charge in [-0.3, -0.25) is 0 Å². The summed E-state index contributed by atoms with van der Waals surface area (Å²) >= 11 is 0. The lowest BCUT2D eigenvalue weighted by Gasteiger charge is -2.29. The van der Waals surface area contributed by atoms with E-state index < -0.39 is 6.17 Å². The molecule has 0 saturated heterocycles. The maximum absolute atomic E-state index is 15.1. The van der Waals surface area contributed by atoms with Crippen LogP contribution in [0.3, 0.4) is 0 Å². The van der Waals surface area contributed by atoms with Gasteiger partial charge in [0.2, 0.25) is 0 Å². The zero-order valence-electron chi connectivity index (χ0n) is 15.7. The molecule has 0 fully saturated rings.